The molecule has 152 valence electrons. The first-order valence-corrected chi connectivity index (χ1v) is 10.7. The van der Waals surface area contributed by atoms with Gasteiger partial charge in [0.05, 0.1) is 0 Å². The Labute approximate surface area is 175 Å². The number of carbonyl (C=O) groups is 1. The van der Waals surface area contributed by atoms with E-state index in [0.717, 1.165) is 5.56 Å². The normalized spacial score (nSPS) is 15.2. The van der Waals surface area contributed by atoms with Gasteiger partial charge in [-0.1, -0.05) is 73.0 Å². The molecule has 2 aromatic carbocycles. The highest BCUT2D eigenvalue weighted by Gasteiger charge is 2.15. The molecule has 2 nitrogen and oxygen atoms in total. The third-order valence-electron chi connectivity index (χ3n) is 5.14. The lowest BCUT2D eigenvalue weighted by atomic mass is 9.89. The lowest BCUT2D eigenvalue weighted by Gasteiger charge is -2.18. The minimum Gasteiger partial charge on any atom is -0.457 e. The smallest absolute Gasteiger partial charge is 0.331 e. The Hall–Kier alpha value is -2.61. The largest absolute Gasteiger partial charge is 0.457 e. The number of carbonyl (C=O) groups excluding carboxylic acids is 1. The molecule has 1 fully saturated rings. The zero-order valence-corrected chi connectivity index (χ0v) is 17.9. The summed E-state index contributed by atoms with van der Waals surface area (Å²) in [5.41, 5.74) is 6.03. The van der Waals surface area contributed by atoms with Gasteiger partial charge in [0, 0.05) is 6.08 Å². The summed E-state index contributed by atoms with van der Waals surface area (Å²) in [6, 6.07) is 19.2. The molecule has 2 aromatic rings. The van der Waals surface area contributed by atoms with E-state index in [1.807, 2.05) is 26.8 Å². The van der Waals surface area contributed by atoms with Crippen LogP contribution in [0.4, 0.5) is 0 Å². The SMILES string of the molecule is CC(C)(C)OC(=O)/C=C/c1ccc(C(=C2CCCCCC2)c2ccccc2)cc1. The van der Waals surface area contributed by atoms with E-state index < -0.39 is 5.60 Å². The second kappa shape index (κ2) is 9.73. The Morgan fingerprint density at radius 3 is 2.00 bits per heavy atom. The molecule has 0 N–H and O–H groups in total. The molecule has 0 atom stereocenters. The van der Waals surface area contributed by atoms with Crippen LogP contribution >= 0.6 is 0 Å². The molecule has 0 amide bonds. The van der Waals surface area contributed by atoms with Crippen molar-refractivity contribution in [2.75, 3.05) is 0 Å². The number of hydrogen-bond donors (Lipinski definition) is 0. The van der Waals surface area contributed by atoms with Gasteiger partial charge in [-0.25, -0.2) is 4.79 Å². The van der Waals surface area contributed by atoms with Gasteiger partial charge in [-0.05, 0) is 74.8 Å². The van der Waals surface area contributed by atoms with Crippen LogP contribution in [0.2, 0.25) is 0 Å². The van der Waals surface area contributed by atoms with Crippen molar-refractivity contribution in [3.63, 3.8) is 0 Å². The molecule has 0 spiro atoms. The average Bonchev–Trinajstić information content (AvgIpc) is 2.96. The lowest BCUT2D eigenvalue weighted by Crippen LogP contribution is -2.22. The molecule has 0 bridgehead atoms. The van der Waals surface area contributed by atoms with Crippen molar-refractivity contribution >= 4 is 17.6 Å². The van der Waals surface area contributed by atoms with E-state index >= 15 is 0 Å². The standard InChI is InChI=1S/C27H32O2/c1-27(2,3)29-25(28)20-17-21-15-18-24(19-16-21)26(23-13-9-6-10-14-23)22-11-7-4-5-8-12-22/h6,9-10,13-20H,4-5,7-8,11-12H2,1-3H3/b20-17+. The number of hydrogen-bond acceptors (Lipinski definition) is 2. The zero-order valence-electron chi connectivity index (χ0n) is 17.9. The summed E-state index contributed by atoms with van der Waals surface area (Å²) in [6.45, 7) is 5.62. The second-order valence-corrected chi connectivity index (χ2v) is 8.75. The van der Waals surface area contributed by atoms with Crippen molar-refractivity contribution in [3.8, 4) is 0 Å². The predicted molar refractivity (Wildman–Crippen MR) is 121 cm³/mol. The minimum atomic E-state index is -0.471. The summed E-state index contributed by atoms with van der Waals surface area (Å²) in [6.07, 6.45) is 10.9. The van der Waals surface area contributed by atoms with Crippen LogP contribution in [0.1, 0.15) is 76.0 Å². The fraction of sp³-hybridized carbons (Fsp3) is 0.370. The molecule has 0 radical (unpaired) electrons. The van der Waals surface area contributed by atoms with E-state index in [1.54, 1.807) is 5.57 Å². The van der Waals surface area contributed by atoms with E-state index in [2.05, 4.69) is 54.6 Å². The number of esters is 1. The maximum Gasteiger partial charge on any atom is 0.331 e. The van der Waals surface area contributed by atoms with Crippen molar-refractivity contribution in [3.05, 3.63) is 82.9 Å². The van der Waals surface area contributed by atoms with Gasteiger partial charge in [-0.3, -0.25) is 0 Å². The minimum absolute atomic E-state index is 0.313. The molecular weight excluding hydrogens is 356 g/mol. The van der Waals surface area contributed by atoms with Crippen LogP contribution in [0.5, 0.6) is 0 Å². The molecule has 1 aliphatic carbocycles. The van der Waals surface area contributed by atoms with Crippen LogP contribution in [0, 0.1) is 0 Å². The van der Waals surface area contributed by atoms with E-state index in [0.29, 0.717) is 0 Å². The molecule has 3 rings (SSSR count). The summed E-state index contributed by atoms with van der Waals surface area (Å²) < 4.78 is 5.34. The molecular formula is C27H32O2. The first kappa shape index (κ1) is 21.1. The molecule has 0 aliphatic heterocycles. The van der Waals surface area contributed by atoms with Crippen molar-refractivity contribution in [1.82, 2.24) is 0 Å². The first-order chi connectivity index (χ1) is 13.9. The van der Waals surface area contributed by atoms with Gasteiger partial charge in [0.2, 0.25) is 0 Å². The van der Waals surface area contributed by atoms with Crippen LogP contribution in [-0.2, 0) is 9.53 Å². The highest BCUT2D eigenvalue weighted by atomic mass is 16.6. The first-order valence-electron chi connectivity index (χ1n) is 10.7. The quantitative estimate of drug-likeness (QED) is 0.314. The number of rotatable bonds is 4. The van der Waals surface area contributed by atoms with Crippen LogP contribution < -0.4 is 0 Å². The van der Waals surface area contributed by atoms with Gasteiger partial charge in [-0.2, -0.15) is 0 Å². The van der Waals surface area contributed by atoms with Gasteiger partial charge in [-0.15, -0.1) is 0 Å². The molecule has 0 aromatic heterocycles. The van der Waals surface area contributed by atoms with Crippen molar-refractivity contribution < 1.29 is 9.53 Å². The summed E-state index contributed by atoms with van der Waals surface area (Å²) in [5, 5.41) is 0. The molecule has 1 aliphatic rings. The summed E-state index contributed by atoms with van der Waals surface area (Å²) in [4.78, 5) is 11.9. The summed E-state index contributed by atoms with van der Waals surface area (Å²) >= 11 is 0. The fourth-order valence-corrected chi connectivity index (χ4v) is 3.85. The topological polar surface area (TPSA) is 26.3 Å². The molecule has 0 unspecified atom stereocenters. The molecule has 0 heterocycles. The lowest BCUT2D eigenvalue weighted by molar-refractivity contribution is -0.148. The summed E-state index contributed by atoms with van der Waals surface area (Å²) in [7, 11) is 0. The average molecular weight is 389 g/mol. The Morgan fingerprint density at radius 1 is 0.828 bits per heavy atom. The van der Waals surface area contributed by atoms with E-state index in [4.69, 9.17) is 4.74 Å². The van der Waals surface area contributed by atoms with Crippen LogP contribution in [0.15, 0.2) is 66.2 Å². The fourth-order valence-electron chi connectivity index (χ4n) is 3.85. The van der Waals surface area contributed by atoms with Gasteiger partial charge in [0.1, 0.15) is 5.60 Å². The second-order valence-electron chi connectivity index (χ2n) is 8.75. The maximum absolute atomic E-state index is 11.9. The number of allylic oxidation sites excluding steroid dienone is 1. The van der Waals surface area contributed by atoms with Crippen LogP contribution in [-0.4, -0.2) is 11.6 Å². The Kier molecular flexibility index (Phi) is 7.09. The van der Waals surface area contributed by atoms with Crippen molar-refractivity contribution in [2.45, 2.75) is 64.9 Å². The van der Waals surface area contributed by atoms with Gasteiger partial charge in [0.25, 0.3) is 0 Å². The Balaban J connectivity index is 1.86. The van der Waals surface area contributed by atoms with Crippen molar-refractivity contribution in [1.29, 1.82) is 0 Å². The Morgan fingerprint density at radius 2 is 1.41 bits per heavy atom. The number of benzene rings is 2. The molecule has 1 saturated carbocycles. The predicted octanol–water partition coefficient (Wildman–Crippen LogP) is 7.20. The van der Waals surface area contributed by atoms with Gasteiger partial charge < -0.3 is 4.74 Å². The molecule has 2 heteroatoms. The van der Waals surface area contributed by atoms with Crippen LogP contribution in [0.25, 0.3) is 11.6 Å². The monoisotopic (exact) mass is 388 g/mol. The third-order valence-corrected chi connectivity index (χ3v) is 5.14. The highest BCUT2D eigenvalue weighted by Crippen LogP contribution is 2.34. The number of ether oxygens (including phenoxy) is 1. The summed E-state index contributed by atoms with van der Waals surface area (Å²) in [5.74, 6) is -0.313. The third kappa shape index (κ3) is 6.45. The maximum atomic E-state index is 11.9. The van der Waals surface area contributed by atoms with Crippen molar-refractivity contribution in [2.24, 2.45) is 0 Å². The van der Waals surface area contributed by atoms with E-state index in [-0.39, 0.29) is 5.97 Å². The van der Waals surface area contributed by atoms with E-state index in [1.165, 1.54) is 61.3 Å². The Bertz CT molecular complexity index is 855. The highest BCUT2D eigenvalue weighted by molar-refractivity contribution is 5.87. The zero-order chi connectivity index (χ0) is 20.7. The molecule has 0 saturated heterocycles. The van der Waals surface area contributed by atoms with Crippen LogP contribution in [0.3, 0.4) is 0 Å². The molecule has 29 heavy (non-hydrogen) atoms. The van der Waals surface area contributed by atoms with Gasteiger partial charge >= 0.3 is 5.97 Å². The van der Waals surface area contributed by atoms with Gasteiger partial charge in [0.15, 0.2) is 0 Å². The van der Waals surface area contributed by atoms with E-state index in [9.17, 15) is 4.79 Å².